The predicted octanol–water partition coefficient (Wildman–Crippen LogP) is 2.32. The van der Waals surface area contributed by atoms with Gasteiger partial charge in [0.15, 0.2) is 0 Å². The summed E-state index contributed by atoms with van der Waals surface area (Å²) in [5.74, 6) is 0.452. The van der Waals surface area contributed by atoms with Crippen molar-refractivity contribution in [1.82, 2.24) is 10.2 Å². The maximum atomic E-state index is 6.11. The second kappa shape index (κ2) is 8.12. The minimum absolute atomic E-state index is 0. The molecule has 1 aliphatic rings. The van der Waals surface area contributed by atoms with Crippen molar-refractivity contribution in [3.05, 3.63) is 41.8 Å². The number of ether oxygens (including phenoxy) is 1. The largest absolute Gasteiger partial charge is 0.406 e. The van der Waals surface area contributed by atoms with Gasteiger partial charge < -0.3 is 20.2 Å². The van der Waals surface area contributed by atoms with E-state index in [0.717, 1.165) is 25.0 Å². The van der Waals surface area contributed by atoms with Crippen molar-refractivity contribution in [1.29, 1.82) is 0 Å². The zero-order valence-electron chi connectivity index (χ0n) is 12.3. The Morgan fingerprint density at radius 3 is 2.82 bits per heavy atom. The van der Waals surface area contributed by atoms with Gasteiger partial charge in [0.2, 0.25) is 5.89 Å². The minimum Gasteiger partial charge on any atom is -0.406 e. The highest BCUT2D eigenvalue weighted by atomic mass is 35.5. The first-order chi connectivity index (χ1) is 10.3. The Hall–Kier alpha value is -1.63. The van der Waals surface area contributed by atoms with Crippen molar-refractivity contribution in [2.75, 3.05) is 18.5 Å². The van der Waals surface area contributed by atoms with Gasteiger partial charge in [-0.1, -0.05) is 35.4 Å². The molecule has 0 amide bonds. The van der Waals surface area contributed by atoms with Gasteiger partial charge in [-0.15, -0.1) is 17.5 Å². The van der Waals surface area contributed by atoms with E-state index in [0.29, 0.717) is 24.9 Å². The zero-order valence-corrected chi connectivity index (χ0v) is 13.1. The Bertz CT molecular complexity index is 558. The molecule has 3 N–H and O–H groups in total. The molecule has 0 bridgehead atoms. The highest BCUT2D eigenvalue weighted by Gasteiger charge is 2.18. The molecule has 7 heteroatoms. The summed E-state index contributed by atoms with van der Waals surface area (Å²) in [6, 6.07) is 10.1. The molecule has 3 rings (SSSR count). The van der Waals surface area contributed by atoms with E-state index in [1.54, 1.807) is 0 Å². The third kappa shape index (κ3) is 4.43. The summed E-state index contributed by atoms with van der Waals surface area (Å²) >= 11 is 0. The fourth-order valence-corrected chi connectivity index (χ4v) is 2.42. The fourth-order valence-electron chi connectivity index (χ4n) is 2.42. The van der Waals surface area contributed by atoms with Crippen LogP contribution >= 0.6 is 12.4 Å². The van der Waals surface area contributed by atoms with Crippen LogP contribution in [-0.4, -0.2) is 29.5 Å². The number of rotatable bonds is 6. The predicted molar refractivity (Wildman–Crippen MR) is 86.1 cm³/mol. The van der Waals surface area contributed by atoms with E-state index in [1.165, 1.54) is 0 Å². The summed E-state index contributed by atoms with van der Waals surface area (Å²) in [5.41, 5.74) is 7.26. The van der Waals surface area contributed by atoms with Crippen LogP contribution in [-0.2, 0) is 11.2 Å². The molecule has 1 aromatic carbocycles. The number of nitrogens with one attached hydrogen (secondary N) is 1. The van der Waals surface area contributed by atoms with Gasteiger partial charge in [0.25, 0.3) is 0 Å². The van der Waals surface area contributed by atoms with Gasteiger partial charge in [-0.05, 0) is 24.8 Å². The minimum atomic E-state index is -0.293. The molecular weight excluding hydrogens is 304 g/mol. The molecule has 0 aliphatic carbocycles. The molecule has 2 aromatic rings. The molecule has 1 aromatic heterocycles. The second-order valence-electron chi connectivity index (χ2n) is 5.26. The molecular formula is C15H21ClN4O2. The number of nitrogens with two attached hydrogens (primary N) is 1. The van der Waals surface area contributed by atoms with E-state index < -0.39 is 0 Å². The molecule has 0 spiro atoms. The van der Waals surface area contributed by atoms with Crippen LogP contribution in [0.4, 0.5) is 6.01 Å². The van der Waals surface area contributed by atoms with Gasteiger partial charge in [0, 0.05) is 13.2 Å². The second-order valence-corrected chi connectivity index (χ2v) is 5.26. The lowest BCUT2D eigenvalue weighted by Gasteiger charge is -2.08. The maximum Gasteiger partial charge on any atom is 0.315 e. The van der Waals surface area contributed by atoms with Crippen molar-refractivity contribution < 1.29 is 9.15 Å². The van der Waals surface area contributed by atoms with Crippen molar-refractivity contribution in [3.63, 3.8) is 0 Å². The lowest BCUT2D eigenvalue weighted by atomic mass is 10.1. The summed E-state index contributed by atoms with van der Waals surface area (Å²) in [6.45, 7) is 1.53. The summed E-state index contributed by atoms with van der Waals surface area (Å²) < 4.78 is 11.1. The van der Waals surface area contributed by atoms with Crippen molar-refractivity contribution in [2.45, 2.75) is 31.4 Å². The highest BCUT2D eigenvalue weighted by Crippen LogP contribution is 2.18. The number of anilines is 1. The van der Waals surface area contributed by atoms with E-state index >= 15 is 0 Å². The normalized spacial score (nSPS) is 18.7. The van der Waals surface area contributed by atoms with Crippen LogP contribution in [0, 0.1) is 0 Å². The number of nitrogens with zero attached hydrogens (tertiary/aromatic N) is 2. The summed E-state index contributed by atoms with van der Waals surface area (Å²) in [5, 5.41) is 11.1. The zero-order chi connectivity index (χ0) is 14.5. The molecule has 1 fully saturated rings. The van der Waals surface area contributed by atoms with E-state index in [2.05, 4.69) is 15.5 Å². The van der Waals surface area contributed by atoms with Gasteiger partial charge in [0.1, 0.15) is 0 Å². The fraction of sp³-hybridized carbons (Fsp3) is 0.467. The molecule has 6 nitrogen and oxygen atoms in total. The van der Waals surface area contributed by atoms with E-state index in [1.807, 2.05) is 30.3 Å². The quantitative estimate of drug-likeness (QED) is 0.848. The Balaban J connectivity index is 0.00000176. The first-order valence-electron chi connectivity index (χ1n) is 7.29. The number of hydrogen-bond donors (Lipinski definition) is 2. The summed E-state index contributed by atoms with van der Waals surface area (Å²) in [7, 11) is 0. The van der Waals surface area contributed by atoms with Crippen LogP contribution < -0.4 is 11.1 Å². The van der Waals surface area contributed by atoms with Gasteiger partial charge in [-0.2, -0.15) is 0 Å². The first-order valence-corrected chi connectivity index (χ1v) is 7.29. The monoisotopic (exact) mass is 324 g/mol. The molecule has 2 atom stereocenters. The number of benzene rings is 1. The van der Waals surface area contributed by atoms with Crippen molar-refractivity contribution in [3.8, 4) is 0 Å². The van der Waals surface area contributed by atoms with E-state index in [9.17, 15) is 0 Å². The average molecular weight is 325 g/mol. The molecule has 0 radical (unpaired) electrons. The Morgan fingerprint density at radius 1 is 1.27 bits per heavy atom. The van der Waals surface area contributed by atoms with Crippen molar-refractivity contribution in [2.24, 2.45) is 5.73 Å². The van der Waals surface area contributed by atoms with E-state index in [-0.39, 0.29) is 24.6 Å². The third-order valence-corrected chi connectivity index (χ3v) is 3.56. The smallest absolute Gasteiger partial charge is 0.315 e. The SMILES string of the molecule is Cl.N[C@H](Cc1ccccc1)c1nnc(NC[C@@H]2CCCO2)o1. The van der Waals surface area contributed by atoms with Crippen LogP contribution in [0.25, 0.3) is 0 Å². The van der Waals surface area contributed by atoms with Crippen LogP contribution in [0.3, 0.4) is 0 Å². The molecule has 1 aliphatic heterocycles. The van der Waals surface area contributed by atoms with Crippen LogP contribution in [0.15, 0.2) is 34.7 Å². The first kappa shape index (κ1) is 16.7. The lowest BCUT2D eigenvalue weighted by Crippen LogP contribution is -2.18. The Kier molecular flexibility index (Phi) is 6.18. The van der Waals surface area contributed by atoms with Gasteiger partial charge >= 0.3 is 6.01 Å². The van der Waals surface area contributed by atoms with Gasteiger partial charge in [-0.3, -0.25) is 0 Å². The molecule has 22 heavy (non-hydrogen) atoms. The number of aromatic nitrogens is 2. The van der Waals surface area contributed by atoms with Crippen LogP contribution in [0.1, 0.15) is 30.3 Å². The molecule has 0 saturated carbocycles. The highest BCUT2D eigenvalue weighted by molar-refractivity contribution is 5.85. The summed E-state index contributed by atoms with van der Waals surface area (Å²) in [6.07, 6.45) is 3.09. The Labute approximate surface area is 135 Å². The Morgan fingerprint density at radius 2 is 2.09 bits per heavy atom. The van der Waals surface area contributed by atoms with Crippen LogP contribution in [0.5, 0.6) is 0 Å². The van der Waals surface area contributed by atoms with E-state index in [4.69, 9.17) is 14.9 Å². The van der Waals surface area contributed by atoms with Crippen molar-refractivity contribution >= 4 is 18.4 Å². The number of halogens is 1. The standard InChI is InChI=1S/C15H20N4O2.ClH/c16-13(9-11-5-2-1-3-6-11)14-18-19-15(21-14)17-10-12-7-4-8-20-12;/h1-3,5-6,12-13H,4,7-10,16H2,(H,17,19);1H/t12-,13+;/m0./s1. The topological polar surface area (TPSA) is 86.2 Å². The molecule has 0 unspecified atom stereocenters. The molecule has 120 valence electrons. The van der Waals surface area contributed by atoms with Gasteiger partial charge in [0.05, 0.1) is 12.1 Å². The van der Waals surface area contributed by atoms with Crippen LogP contribution in [0.2, 0.25) is 0 Å². The van der Waals surface area contributed by atoms with Gasteiger partial charge in [-0.25, -0.2) is 0 Å². The summed E-state index contributed by atoms with van der Waals surface area (Å²) in [4.78, 5) is 0. The molecule has 1 saturated heterocycles. The molecule has 2 heterocycles. The maximum absolute atomic E-state index is 6.11. The average Bonchev–Trinajstić information content (AvgIpc) is 3.18. The lowest BCUT2D eigenvalue weighted by molar-refractivity contribution is 0.120. The number of hydrogen-bond acceptors (Lipinski definition) is 6. The third-order valence-electron chi connectivity index (χ3n) is 3.56.